The molecule has 0 bridgehead atoms. The van der Waals surface area contributed by atoms with Gasteiger partial charge in [-0.25, -0.2) is 33.7 Å². The third-order valence-corrected chi connectivity index (χ3v) is 35.0. The number of nitrogens with one attached hydrogen (secondary N) is 4. The molecule has 12 heterocycles. The predicted molar refractivity (Wildman–Crippen MR) is 455 cm³/mol. The average Bonchev–Trinajstić information content (AvgIpc) is 1.61. The summed E-state index contributed by atoms with van der Waals surface area (Å²) in [5, 5.41) is 31.6. The first-order valence-electron chi connectivity index (χ1n) is 40.9. The molecule has 6 aliphatic rings. The minimum atomic E-state index is -3.30. The normalized spacial score (nSPS) is 22.8. The second-order valence-corrected chi connectivity index (χ2v) is 43.9. The van der Waals surface area contributed by atoms with E-state index in [1.54, 1.807) is 47.5 Å². The van der Waals surface area contributed by atoms with Crippen LogP contribution in [0.2, 0.25) is 0 Å². The van der Waals surface area contributed by atoms with Crippen molar-refractivity contribution in [2.45, 2.75) is 217 Å². The molecule has 24 nitrogen and oxygen atoms in total. The topological polar surface area (TPSA) is 284 Å². The van der Waals surface area contributed by atoms with E-state index in [4.69, 9.17) is 0 Å². The number of aromatic nitrogens is 12. The molecule has 8 aromatic heterocycles. The maximum atomic E-state index is 13.2. The van der Waals surface area contributed by atoms with E-state index in [0.29, 0.717) is 49.9 Å². The van der Waals surface area contributed by atoms with Crippen molar-refractivity contribution in [2.75, 3.05) is 26.2 Å². The fourth-order valence-electron chi connectivity index (χ4n) is 18.8. The van der Waals surface area contributed by atoms with Crippen LogP contribution >= 0.6 is 0 Å². The molecule has 114 heavy (non-hydrogen) atoms. The van der Waals surface area contributed by atoms with Crippen LogP contribution in [0.5, 0.6) is 0 Å². The first kappa shape index (κ1) is 80.7. The van der Waals surface area contributed by atoms with Crippen molar-refractivity contribution in [2.24, 2.45) is 23.7 Å². The van der Waals surface area contributed by atoms with Gasteiger partial charge in [0.2, 0.25) is 40.1 Å². The molecule has 608 valence electrons. The first-order chi connectivity index (χ1) is 54.6. The van der Waals surface area contributed by atoms with Gasteiger partial charge >= 0.3 is 0 Å². The Bertz CT molecular complexity index is 5740. The molecule has 0 spiro atoms. The maximum Gasteiger partial charge on any atom is 0.219 e. The van der Waals surface area contributed by atoms with Crippen LogP contribution in [0.15, 0.2) is 171 Å². The van der Waals surface area contributed by atoms with Gasteiger partial charge in [0, 0.05) is 192 Å². The molecule has 12 aromatic rings. The third-order valence-electron chi connectivity index (χ3n) is 25.0. The van der Waals surface area contributed by atoms with Crippen molar-refractivity contribution in [1.82, 2.24) is 76.3 Å². The van der Waals surface area contributed by atoms with Gasteiger partial charge < -0.3 is 18.3 Å². The van der Waals surface area contributed by atoms with Crippen molar-refractivity contribution >= 4 is 83.7 Å². The minimum absolute atomic E-state index is 0.0451. The summed E-state index contributed by atoms with van der Waals surface area (Å²) in [4.78, 5) is 0. The zero-order chi connectivity index (χ0) is 80.0. The van der Waals surface area contributed by atoms with Gasteiger partial charge in [-0.15, -0.1) is 0 Å². The molecule has 18 rings (SSSR count). The molecule has 4 N–H and O–H groups in total. The summed E-state index contributed by atoms with van der Waals surface area (Å²) in [7, 11) is -12.8. The first-order valence-corrected chi connectivity index (χ1v) is 46.9. The zero-order valence-electron chi connectivity index (χ0n) is 67.1. The number of fused-ring (bicyclic) bond motifs is 4. The van der Waals surface area contributed by atoms with E-state index < -0.39 is 44.8 Å². The minimum Gasteiger partial charge on any atom is -0.347 e. The van der Waals surface area contributed by atoms with Gasteiger partial charge in [0.25, 0.3) is 0 Å². The molecule has 4 aromatic carbocycles. The molecular formula is C86H112N16O8S4. The highest BCUT2D eigenvalue weighted by Gasteiger charge is 2.46. The lowest BCUT2D eigenvalue weighted by atomic mass is 10.0. The summed E-state index contributed by atoms with van der Waals surface area (Å²) in [6, 6.07) is 34.6. The van der Waals surface area contributed by atoms with Gasteiger partial charge in [-0.05, 0) is 232 Å². The molecule has 6 fully saturated rings. The lowest BCUT2D eigenvalue weighted by molar-refractivity contribution is 0.378. The van der Waals surface area contributed by atoms with E-state index in [2.05, 4.69) is 195 Å². The SMILES string of the molecule is CC1CC(Cn2ccc3cc(-c4cn[nH]c4)ccc32)CN1S(=O)(=O)C(C)(C)C.CC1CC(Cn2ccc3cc(-c4cn[nH]c4)ccc32)CN1S(=O)(=O)C(C)C.CC1CC(Cn2ccc3cc(-c4cn[nH]c4)ccc32)CN1S(=O)(=O)C1CCCC1.CC1CC(Cn2ccc3cc(-c4cn[nH]c4)ccc32)CN1S(=O)(=O)C1CCCCC1. The number of rotatable bonds is 19. The van der Waals surface area contributed by atoms with Crippen LogP contribution in [0.4, 0.5) is 0 Å². The van der Waals surface area contributed by atoms with E-state index in [1.165, 1.54) is 50.0 Å². The molecule has 28 heteroatoms. The fourth-order valence-corrected chi connectivity index (χ4v) is 26.7. The molecule has 2 aliphatic carbocycles. The Labute approximate surface area is 671 Å². The summed E-state index contributed by atoms with van der Waals surface area (Å²) in [5.41, 5.74) is 13.6. The second-order valence-electron chi connectivity index (χ2n) is 34.5. The van der Waals surface area contributed by atoms with Crippen molar-refractivity contribution in [3.05, 3.63) is 171 Å². The highest BCUT2D eigenvalue weighted by atomic mass is 32.2. The zero-order valence-corrected chi connectivity index (χ0v) is 70.4. The number of benzene rings is 4. The number of aromatic amines is 4. The van der Waals surface area contributed by atoms with Crippen LogP contribution in [-0.2, 0) is 66.3 Å². The largest absolute Gasteiger partial charge is 0.347 e. The predicted octanol–water partition coefficient (Wildman–Crippen LogP) is 15.8. The van der Waals surface area contributed by atoms with Gasteiger partial charge in [-0.1, -0.05) is 56.4 Å². The lowest BCUT2D eigenvalue weighted by Gasteiger charge is -2.29. The number of nitrogens with zero attached hydrogens (tertiary/aromatic N) is 12. The van der Waals surface area contributed by atoms with Crippen molar-refractivity contribution < 1.29 is 33.7 Å². The molecule has 0 amide bonds. The number of sulfonamides is 4. The van der Waals surface area contributed by atoms with Crippen molar-refractivity contribution in [3.63, 3.8) is 0 Å². The van der Waals surface area contributed by atoms with Crippen molar-refractivity contribution in [3.8, 4) is 44.5 Å². The van der Waals surface area contributed by atoms with Crippen LogP contribution in [0.3, 0.4) is 0 Å². The summed E-state index contributed by atoms with van der Waals surface area (Å²) in [6.07, 6.45) is 35.7. The van der Waals surface area contributed by atoms with Gasteiger partial charge in [-0.3, -0.25) is 20.4 Å². The highest BCUT2D eigenvalue weighted by Crippen LogP contribution is 2.40. The van der Waals surface area contributed by atoms with E-state index in [-0.39, 0.29) is 39.9 Å². The van der Waals surface area contributed by atoms with Crippen LogP contribution in [-0.4, -0.2) is 181 Å². The van der Waals surface area contributed by atoms with E-state index in [0.717, 1.165) is 148 Å². The average molecular weight is 1630 g/mol. The fraction of sp³-hybridized carbons (Fsp3) is 0.488. The number of hydrogen-bond donors (Lipinski definition) is 4. The smallest absolute Gasteiger partial charge is 0.219 e. The Morgan fingerprint density at radius 2 is 0.640 bits per heavy atom. The monoisotopic (exact) mass is 1620 g/mol. The number of hydrogen-bond acceptors (Lipinski definition) is 12. The Morgan fingerprint density at radius 1 is 0.368 bits per heavy atom. The Balaban J connectivity index is 0.000000120. The van der Waals surface area contributed by atoms with Crippen LogP contribution in [0.1, 0.15) is 146 Å². The molecule has 8 unspecified atom stereocenters. The van der Waals surface area contributed by atoms with Gasteiger partial charge in [0.15, 0.2) is 0 Å². The second kappa shape index (κ2) is 33.3. The van der Waals surface area contributed by atoms with Gasteiger partial charge in [0.1, 0.15) is 0 Å². The van der Waals surface area contributed by atoms with Crippen LogP contribution in [0, 0.1) is 23.7 Å². The van der Waals surface area contributed by atoms with Crippen LogP contribution in [0.25, 0.3) is 88.1 Å². The van der Waals surface area contributed by atoms with E-state index in [9.17, 15) is 33.7 Å². The standard InChI is InChI=1S/C23H30N4O2S.C22H28N4O2S.C21H28N4O2S.C20H26N4O2S/c1-17-11-18(16-27(17)30(28,29)22-5-3-2-4-6-22)15-26-10-9-20-12-19(7-8-23(20)26)21-13-24-25-14-21;1-16-10-17(15-26(16)29(27,28)21-4-2-3-5-21)14-25-9-8-19-11-18(6-7-22(19)25)20-12-23-24-13-20;1-15-9-16(14-25(15)28(26,27)21(2,3)4)13-24-8-7-18-10-17(5-6-20(18)24)19-11-22-23-12-19;1-14(2)27(25,26)24-13-16(8-15(24)3)12-23-7-6-18-9-17(4-5-20(18)23)19-10-21-22-11-19/h7-10,12-14,17-18,22H,2-6,11,15-16H2,1H3,(H,24,25);6-9,11-13,16-17,21H,2-5,10,14-15H2,1H3,(H,23,24);5-8,10-12,15-16H,9,13-14H2,1-4H3,(H,22,23);4-7,9-11,14-16H,8,12-13H2,1-3H3,(H,21,22). The summed E-state index contributed by atoms with van der Waals surface area (Å²) in [6.45, 7) is 22.9. The highest BCUT2D eigenvalue weighted by molar-refractivity contribution is 7.90. The molecular weight excluding hydrogens is 1510 g/mol. The third kappa shape index (κ3) is 16.9. The number of H-pyrrole nitrogens is 4. The van der Waals surface area contributed by atoms with E-state index in [1.807, 2.05) is 67.7 Å². The lowest BCUT2D eigenvalue weighted by Crippen LogP contribution is -2.44. The van der Waals surface area contributed by atoms with Gasteiger partial charge in [-0.2, -0.15) is 37.6 Å². The Morgan fingerprint density at radius 3 is 0.921 bits per heavy atom. The van der Waals surface area contributed by atoms with Crippen molar-refractivity contribution in [1.29, 1.82) is 0 Å². The summed E-state index contributed by atoms with van der Waals surface area (Å²) < 4.78 is 119. The maximum absolute atomic E-state index is 13.2. The summed E-state index contributed by atoms with van der Waals surface area (Å²) in [5.74, 6) is 1.35. The van der Waals surface area contributed by atoms with Gasteiger partial charge in [0.05, 0.1) is 45.3 Å². The summed E-state index contributed by atoms with van der Waals surface area (Å²) >= 11 is 0. The molecule has 2 saturated carbocycles. The Hall–Kier alpha value is -8.48. The van der Waals surface area contributed by atoms with Crippen LogP contribution < -0.4 is 0 Å². The molecule has 4 saturated heterocycles. The van der Waals surface area contributed by atoms with E-state index >= 15 is 0 Å². The molecule has 4 aliphatic heterocycles. The molecule has 0 radical (unpaired) electrons. The quantitative estimate of drug-likeness (QED) is 0.0588. The molecule has 8 atom stereocenters. The Kier molecular flexibility index (Phi) is 23.5.